The highest BCUT2D eigenvalue weighted by molar-refractivity contribution is 7.91. The second kappa shape index (κ2) is 5.88. The standard InChI is InChI=1S/C11H17ClN2O2S2/c1-14(9-3-2-7-13-8-6-9)18(15,16)11-5-4-10(12)17-11/h4-5,9,13H,2-3,6-8H2,1H3. The predicted molar refractivity (Wildman–Crippen MR) is 74.8 cm³/mol. The SMILES string of the molecule is CN(C1CCCNCC1)S(=O)(=O)c1ccc(Cl)s1. The van der Waals surface area contributed by atoms with E-state index < -0.39 is 10.0 Å². The van der Waals surface area contributed by atoms with E-state index >= 15 is 0 Å². The summed E-state index contributed by atoms with van der Waals surface area (Å²) in [5.41, 5.74) is 0. The number of nitrogens with zero attached hydrogens (tertiary/aromatic N) is 1. The van der Waals surface area contributed by atoms with Crippen LogP contribution in [0.2, 0.25) is 4.34 Å². The first-order chi connectivity index (χ1) is 8.51. The van der Waals surface area contributed by atoms with Crippen molar-refractivity contribution in [2.75, 3.05) is 20.1 Å². The molecule has 1 atom stereocenters. The Bertz CT molecular complexity index is 493. The lowest BCUT2D eigenvalue weighted by molar-refractivity contribution is 0.342. The summed E-state index contributed by atoms with van der Waals surface area (Å²) in [6, 6.07) is 3.28. The van der Waals surface area contributed by atoms with Crippen LogP contribution in [-0.4, -0.2) is 38.9 Å². The number of thiophene rings is 1. The van der Waals surface area contributed by atoms with E-state index in [2.05, 4.69) is 5.32 Å². The summed E-state index contributed by atoms with van der Waals surface area (Å²) >= 11 is 6.92. The first-order valence-corrected chi connectivity index (χ1v) is 8.59. The maximum atomic E-state index is 12.4. The van der Waals surface area contributed by atoms with Gasteiger partial charge in [-0.3, -0.25) is 0 Å². The van der Waals surface area contributed by atoms with Crippen LogP contribution in [0.25, 0.3) is 0 Å². The molecular weight excluding hydrogens is 292 g/mol. The number of hydrogen-bond acceptors (Lipinski definition) is 4. The van der Waals surface area contributed by atoms with Gasteiger partial charge in [-0.05, 0) is 44.5 Å². The van der Waals surface area contributed by atoms with Crippen molar-refractivity contribution < 1.29 is 8.42 Å². The first-order valence-electron chi connectivity index (χ1n) is 5.96. The van der Waals surface area contributed by atoms with Crippen LogP contribution in [0.4, 0.5) is 0 Å². The number of sulfonamides is 1. The van der Waals surface area contributed by atoms with Gasteiger partial charge in [-0.25, -0.2) is 8.42 Å². The highest BCUT2D eigenvalue weighted by Gasteiger charge is 2.29. The summed E-state index contributed by atoms with van der Waals surface area (Å²) in [6.45, 7) is 1.84. The molecule has 1 aliphatic rings. The maximum Gasteiger partial charge on any atom is 0.252 e. The van der Waals surface area contributed by atoms with Gasteiger partial charge in [0.05, 0.1) is 4.34 Å². The van der Waals surface area contributed by atoms with E-state index in [0.29, 0.717) is 8.55 Å². The molecule has 7 heteroatoms. The highest BCUT2D eigenvalue weighted by Crippen LogP contribution is 2.29. The molecule has 1 aromatic heterocycles. The van der Waals surface area contributed by atoms with Crippen molar-refractivity contribution in [2.45, 2.75) is 29.5 Å². The zero-order valence-electron chi connectivity index (χ0n) is 10.2. The van der Waals surface area contributed by atoms with Gasteiger partial charge >= 0.3 is 0 Å². The molecule has 2 heterocycles. The summed E-state index contributed by atoms with van der Waals surface area (Å²) in [6.07, 6.45) is 2.77. The van der Waals surface area contributed by atoms with Crippen molar-refractivity contribution in [2.24, 2.45) is 0 Å². The van der Waals surface area contributed by atoms with E-state index in [1.54, 1.807) is 19.2 Å². The minimum absolute atomic E-state index is 0.0749. The molecule has 1 fully saturated rings. The van der Waals surface area contributed by atoms with Crippen LogP contribution in [0.3, 0.4) is 0 Å². The lowest BCUT2D eigenvalue weighted by Gasteiger charge is -2.25. The van der Waals surface area contributed by atoms with Gasteiger partial charge in [-0.15, -0.1) is 11.3 Å². The first kappa shape index (κ1) is 14.3. The highest BCUT2D eigenvalue weighted by atomic mass is 35.5. The fourth-order valence-electron chi connectivity index (χ4n) is 2.14. The fourth-order valence-corrected chi connectivity index (χ4v) is 5.22. The molecule has 0 bridgehead atoms. The van der Waals surface area contributed by atoms with Crippen LogP contribution in [0.1, 0.15) is 19.3 Å². The van der Waals surface area contributed by atoms with Crippen LogP contribution in [0, 0.1) is 0 Å². The second-order valence-electron chi connectivity index (χ2n) is 4.41. The summed E-state index contributed by atoms with van der Waals surface area (Å²) in [7, 11) is -1.73. The Hall–Kier alpha value is -0.140. The number of halogens is 1. The van der Waals surface area contributed by atoms with Crippen LogP contribution in [0.5, 0.6) is 0 Å². The Morgan fingerprint density at radius 3 is 2.83 bits per heavy atom. The van der Waals surface area contributed by atoms with Crippen molar-refractivity contribution in [3.63, 3.8) is 0 Å². The van der Waals surface area contributed by atoms with Gasteiger partial charge in [0, 0.05) is 13.1 Å². The molecule has 1 aromatic rings. The number of nitrogens with one attached hydrogen (secondary N) is 1. The van der Waals surface area contributed by atoms with Gasteiger partial charge < -0.3 is 5.32 Å². The van der Waals surface area contributed by atoms with Crippen LogP contribution < -0.4 is 5.32 Å². The quantitative estimate of drug-likeness (QED) is 0.931. The molecule has 1 unspecified atom stereocenters. The van der Waals surface area contributed by atoms with Gasteiger partial charge in [0.15, 0.2) is 0 Å². The minimum Gasteiger partial charge on any atom is -0.317 e. The largest absolute Gasteiger partial charge is 0.317 e. The fraction of sp³-hybridized carbons (Fsp3) is 0.636. The molecule has 1 aliphatic heterocycles. The van der Waals surface area contributed by atoms with Gasteiger partial charge in [0.2, 0.25) is 0 Å². The molecule has 102 valence electrons. The Morgan fingerprint density at radius 1 is 1.39 bits per heavy atom. The molecule has 2 rings (SSSR count). The van der Waals surface area contributed by atoms with Gasteiger partial charge in [0.1, 0.15) is 4.21 Å². The molecular formula is C11H17ClN2O2S2. The zero-order chi connectivity index (χ0) is 13.2. The van der Waals surface area contributed by atoms with E-state index in [-0.39, 0.29) is 6.04 Å². The molecule has 0 radical (unpaired) electrons. The van der Waals surface area contributed by atoms with E-state index in [4.69, 9.17) is 11.6 Å². The average Bonchev–Trinajstić information content (AvgIpc) is 2.63. The minimum atomic E-state index is -3.39. The summed E-state index contributed by atoms with van der Waals surface area (Å²) in [5, 5.41) is 3.29. The molecule has 0 amide bonds. The van der Waals surface area contributed by atoms with Crippen molar-refractivity contribution >= 4 is 33.0 Å². The number of hydrogen-bond donors (Lipinski definition) is 1. The smallest absolute Gasteiger partial charge is 0.252 e. The molecule has 0 aliphatic carbocycles. The zero-order valence-corrected chi connectivity index (χ0v) is 12.6. The van der Waals surface area contributed by atoms with Crippen LogP contribution in [0.15, 0.2) is 16.3 Å². The third-order valence-electron chi connectivity index (χ3n) is 3.24. The average molecular weight is 309 g/mol. The summed E-state index contributed by atoms with van der Waals surface area (Å²) in [5.74, 6) is 0. The van der Waals surface area contributed by atoms with E-state index in [0.717, 1.165) is 43.7 Å². The van der Waals surface area contributed by atoms with Gasteiger partial charge in [0.25, 0.3) is 10.0 Å². The normalized spacial score (nSPS) is 22.1. The maximum absolute atomic E-state index is 12.4. The molecule has 4 nitrogen and oxygen atoms in total. The van der Waals surface area contributed by atoms with Crippen LogP contribution in [-0.2, 0) is 10.0 Å². The molecule has 18 heavy (non-hydrogen) atoms. The third kappa shape index (κ3) is 3.05. The van der Waals surface area contributed by atoms with Crippen LogP contribution >= 0.6 is 22.9 Å². The van der Waals surface area contributed by atoms with Crippen molar-refractivity contribution in [1.82, 2.24) is 9.62 Å². The van der Waals surface area contributed by atoms with Gasteiger partial charge in [-0.2, -0.15) is 4.31 Å². The van der Waals surface area contributed by atoms with Gasteiger partial charge in [-0.1, -0.05) is 11.6 Å². The Morgan fingerprint density at radius 2 is 2.17 bits per heavy atom. The van der Waals surface area contributed by atoms with E-state index in [1.165, 1.54) is 4.31 Å². The van der Waals surface area contributed by atoms with E-state index in [9.17, 15) is 8.42 Å². The molecule has 1 N–H and O–H groups in total. The topological polar surface area (TPSA) is 49.4 Å². The molecule has 0 spiro atoms. The Balaban J connectivity index is 2.18. The summed E-state index contributed by atoms with van der Waals surface area (Å²) < 4.78 is 27.2. The molecule has 0 aromatic carbocycles. The lowest BCUT2D eigenvalue weighted by atomic mass is 10.1. The summed E-state index contributed by atoms with van der Waals surface area (Å²) in [4.78, 5) is 0. The van der Waals surface area contributed by atoms with Crippen molar-refractivity contribution in [1.29, 1.82) is 0 Å². The monoisotopic (exact) mass is 308 g/mol. The predicted octanol–water partition coefficient (Wildman–Crippen LogP) is 2.16. The van der Waals surface area contributed by atoms with E-state index in [1.807, 2.05) is 0 Å². The second-order valence-corrected chi connectivity index (χ2v) is 8.35. The molecule has 1 saturated heterocycles. The molecule has 0 saturated carbocycles. The van der Waals surface area contributed by atoms with Crippen molar-refractivity contribution in [3.8, 4) is 0 Å². The Kier molecular flexibility index (Phi) is 4.66. The number of rotatable bonds is 3. The lowest BCUT2D eigenvalue weighted by Crippen LogP contribution is -2.37. The van der Waals surface area contributed by atoms with Crippen molar-refractivity contribution in [3.05, 3.63) is 16.5 Å². The Labute approximate surface area is 117 Å². The third-order valence-corrected chi connectivity index (χ3v) is 6.85.